The van der Waals surface area contributed by atoms with Gasteiger partial charge in [0.1, 0.15) is 5.60 Å². The zero-order valence-corrected chi connectivity index (χ0v) is 24.6. The van der Waals surface area contributed by atoms with Crippen LogP contribution in [0, 0.1) is 11.8 Å². The Hall–Kier alpha value is -1.80. The lowest BCUT2D eigenvalue weighted by Crippen LogP contribution is -2.51. The number of benzene rings is 2. The molecule has 2 aromatic rings. The number of nitrogens with zero attached hydrogens (tertiary/aromatic N) is 1. The first-order valence-electron chi connectivity index (χ1n) is 12.4. The molecule has 6 nitrogen and oxygen atoms in total. The van der Waals surface area contributed by atoms with Gasteiger partial charge >= 0.3 is 11.9 Å². The van der Waals surface area contributed by atoms with E-state index in [4.69, 9.17) is 31.4 Å². The molecule has 10 heteroatoms. The van der Waals surface area contributed by atoms with Gasteiger partial charge in [-0.05, 0) is 61.7 Å². The third-order valence-corrected chi connectivity index (χ3v) is 11.4. The van der Waals surface area contributed by atoms with Crippen LogP contribution in [0.1, 0.15) is 44.2 Å². The first kappa shape index (κ1) is 30.7. The highest BCUT2D eigenvalue weighted by Crippen LogP contribution is 2.63. The Balaban J connectivity index is 0.000000599. The zero-order chi connectivity index (χ0) is 27.8. The number of halogens is 1. The van der Waals surface area contributed by atoms with Crippen LogP contribution in [0.5, 0.6) is 0 Å². The van der Waals surface area contributed by atoms with E-state index in [-0.39, 0.29) is 0 Å². The highest BCUT2D eigenvalue weighted by Gasteiger charge is 2.57. The summed E-state index contributed by atoms with van der Waals surface area (Å²) in [5.74, 6) is 5.22. The van der Waals surface area contributed by atoms with Gasteiger partial charge in [-0.25, -0.2) is 9.59 Å². The van der Waals surface area contributed by atoms with Crippen molar-refractivity contribution in [3.63, 3.8) is 0 Å². The quantitative estimate of drug-likeness (QED) is 0.280. The minimum atomic E-state index is -1.82. The fourth-order valence-electron chi connectivity index (χ4n) is 4.44. The number of thioether (sulfide) groups is 2. The Labute approximate surface area is 241 Å². The van der Waals surface area contributed by atoms with Crippen LogP contribution in [-0.4, -0.2) is 67.4 Å². The molecule has 2 heterocycles. The maximum atomic E-state index is 12.7. The molecule has 1 unspecified atom stereocenters. The molecule has 1 atom stereocenters. The molecule has 0 amide bonds. The van der Waals surface area contributed by atoms with Crippen LogP contribution in [0.3, 0.4) is 0 Å². The van der Waals surface area contributed by atoms with E-state index < -0.39 is 21.6 Å². The fraction of sp³-hybridized carbons (Fsp3) is 0.429. The van der Waals surface area contributed by atoms with Crippen molar-refractivity contribution in [3.8, 4) is 11.8 Å². The summed E-state index contributed by atoms with van der Waals surface area (Å²) in [6.45, 7) is 7.19. The van der Waals surface area contributed by atoms with Gasteiger partial charge in [0.15, 0.2) is 0 Å². The number of fused-ring (bicyclic) bond motifs is 2. The van der Waals surface area contributed by atoms with E-state index in [0.717, 1.165) is 64.9 Å². The highest BCUT2D eigenvalue weighted by atomic mass is 35.5. The van der Waals surface area contributed by atoms with Gasteiger partial charge in [0.2, 0.25) is 0 Å². The van der Waals surface area contributed by atoms with Crippen molar-refractivity contribution < 1.29 is 24.9 Å². The molecule has 3 N–H and O–H groups in total. The van der Waals surface area contributed by atoms with E-state index in [0.29, 0.717) is 5.02 Å². The molecule has 0 radical (unpaired) electrons. The lowest BCUT2D eigenvalue weighted by atomic mass is 9.80. The number of carboxylic acids is 2. The Bertz CT molecular complexity index is 1190. The topological polar surface area (TPSA) is 98.1 Å². The van der Waals surface area contributed by atoms with E-state index in [1.807, 2.05) is 41.7 Å². The maximum Gasteiger partial charge on any atom is 0.414 e. The highest BCUT2D eigenvalue weighted by molar-refractivity contribution is 8.18. The average molecular weight is 594 g/mol. The molecular weight excluding hydrogens is 562 g/mol. The number of rotatable bonds is 6. The first-order chi connectivity index (χ1) is 18.2. The average Bonchev–Trinajstić information content (AvgIpc) is 2.92. The third kappa shape index (κ3) is 6.85. The summed E-state index contributed by atoms with van der Waals surface area (Å²) in [7, 11) is 0. The number of carboxylic acid groups (broad SMARTS) is 2. The molecule has 0 spiro atoms. The molecule has 0 saturated carbocycles. The van der Waals surface area contributed by atoms with Crippen molar-refractivity contribution in [2.24, 2.45) is 0 Å². The Morgan fingerprint density at radius 2 is 1.61 bits per heavy atom. The Kier molecular flexibility index (Phi) is 11.3. The number of aliphatic hydroxyl groups is 1. The molecule has 1 saturated heterocycles. The largest absolute Gasteiger partial charge is 0.473 e. The molecule has 2 aliphatic rings. The summed E-state index contributed by atoms with van der Waals surface area (Å²) in [6, 6.07) is 14.3. The predicted octanol–water partition coefficient (Wildman–Crippen LogP) is 5.89. The SMILES string of the molecule is CCN(CC)CC#CCCC1(C2(O)c3ccccc3Sc3ccc(Cl)cc32)SCCCS1.O=C(O)C(=O)O. The van der Waals surface area contributed by atoms with Crippen molar-refractivity contribution in [2.75, 3.05) is 31.1 Å². The second kappa shape index (κ2) is 14.0. The van der Waals surface area contributed by atoms with Crippen LogP contribution in [0.25, 0.3) is 0 Å². The molecule has 38 heavy (non-hydrogen) atoms. The van der Waals surface area contributed by atoms with Gasteiger partial charge in [0, 0.05) is 32.4 Å². The summed E-state index contributed by atoms with van der Waals surface area (Å²) < 4.78 is -0.397. The molecular formula is C28H32ClNO5S3. The van der Waals surface area contributed by atoms with Gasteiger partial charge < -0.3 is 15.3 Å². The summed E-state index contributed by atoms with van der Waals surface area (Å²) in [5.41, 5.74) is 0.815. The van der Waals surface area contributed by atoms with E-state index in [1.54, 1.807) is 11.8 Å². The normalized spacial score (nSPS) is 19.2. The smallest absolute Gasteiger partial charge is 0.414 e. The van der Waals surface area contributed by atoms with Crippen molar-refractivity contribution in [1.29, 1.82) is 0 Å². The number of hydrogen-bond donors (Lipinski definition) is 3. The van der Waals surface area contributed by atoms with Crippen molar-refractivity contribution in [1.82, 2.24) is 4.90 Å². The molecule has 0 aromatic heterocycles. The van der Waals surface area contributed by atoms with Crippen LogP contribution in [0.2, 0.25) is 5.02 Å². The molecule has 1 fully saturated rings. The van der Waals surface area contributed by atoms with E-state index in [9.17, 15) is 5.11 Å². The van der Waals surface area contributed by atoms with E-state index >= 15 is 0 Å². The van der Waals surface area contributed by atoms with E-state index in [2.05, 4.69) is 54.9 Å². The second-order valence-corrected chi connectivity index (χ2v) is 13.2. The minimum Gasteiger partial charge on any atom is -0.473 e. The zero-order valence-electron chi connectivity index (χ0n) is 21.4. The number of aliphatic carboxylic acids is 2. The third-order valence-electron chi connectivity index (χ3n) is 6.42. The van der Waals surface area contributed by atoms with Gasteiger partial charge in [0.25, 0.3) is 0 Å². The Morgan fingerprint density at radius 3 is 2.24 bits per heavy atom. The van der Waals surface area contributed by atoms with Crippen molar-refractivity contribution in [2.45, 2.75) is 52.6 Å². The lowest BCUT2D eigenvalue weighted by Gasteiger charge is -2.51. The van der Waals surface area contributed by atoms with Crippen LogP contribution in [0.15, 0.2) is 52.3 Å². The lowest BCUT2D eigenvalue weighted by molar-refractivity contribution is -0.159. The molecule has 0 aliphatic carbocycles. The predicted molar refractivity (Wildman–Crippen MR) is 157 cm³/mol. The standard InChI is InChI=1S/C26H30ClNOS3.C2H2O4/c1-3-28(4-2)16-9-5-8-15-25(30-17-10-18-31-25)26(29)21-11-6-7-12-23(21)32-24-14-13-20(27)19-22(24)26;3-1(4)2(5)6/h6-7,11-14,19,29H,3-4,8,10,15-18H2,1-2H3;(H,3,4)(H,5,6). The van der Waals surface area contributed by atoms with Gasteiger partial charge in [-0.15, -0.1) is 29.4 Å². The molecule has 4 rings (SSSR count). The van der Waals surface area contributed by atoms with Gasteiger partial charge in [-0.2, -0.15) is 0 Å². The summed E-state index contributed by atoms with van der Waals surface area (Å²) in [5, 5.41) is 28.2. The first-order valence-corrected chi connectivity index (χ1v) is 15.6. The summed E-state index contributed by atoms with van der Waals surface area (Å²) in [4.78, 5) is 22.7. The maximum absolute atomic E-state index is 12.7. The van der Waals surface area contributed by atoms with Crippen molar-refractivity contribution in [3.05, 3.63) is 58.6 Å². The van der Waals surface area contributed by atoms with Crippen LogP contribution < -0.4 is 0 Å². The summed E-state index contributed by atoms with van der Waals surface area (Å²) >= 11 is 12.0. The molecule has 2 aliphatic heterocycles. The van der Waals surface area contributed by atoms with Gasteiger partial charge in [-0.3, -0.25) is 4.90 Å². The van der Waals surface area contributed by atoms with Crippen molar-refractivity contribution >= 4 is 58.8 Å². The van der Waals surface area contributed by atoms with Crippen LogP contribution in [0.4, 0.5) is 0 Å². The summed E-state index contributed by atoms with van der Waals surface area (Å²) in [6.07, 6.45) is 2.77. The fourth-order valence-corrected chi connectivity index (χ4v) is 9.38. The van der Waals surface area contributed by atoms with Crippen LogP contribution in [-0.2, 0) is 15.2 Å². The second-order valence-electron chi connectivity index (χ2n) is 8.68. The molecule has 0 bridgehead atoms. The van der Waals surface area contributed by atoms with E-state index in [1.165, 1.54) is 6.42 Å². The Morgan fingerprint density at radius 1 is 0.974 bits per heavy atom. The molecule has 2 aromatic carbocycles. The monoisotopic (exact) mass is 593 g/mol. The van der Waals surface area contributed by atoms with Gasteiger partial charge in [0.05, 0.1) is 10.6 Å². The number of carbonyl (C=O) groups is 2. The minimum absolute atomic E-state index is 0.397. The molecule has 204 valence electrons. The van der Waals surface area contributed by atoms with Crippen LogP contribution >= 0.6 is 46.9 Å². The van der Waals surface area contributed by atoms with Gasteiger partial charge in [-0.1, -0.05) is 61.3 Å². The number of hydrogen-bond acceptors (Lipinski definition) is 7.